The largest absolute Gasteiger partial charge is 0.477 e. The first-order chi connectivity index (χ1) is 8.34. The molecule has 1 aromatic heterocycles. The van der Waals surface area contributed by atoms with Gasteiger partial charge < -0.3 is 10.5 Å². The van der Waals surface area contributed by atoms with Crippen LogP contribution >= 0.6 is 0 Å². The van der Waals surface area contributed by atoms with Crippen LogP contribution in [0.3, 0.4) is 0 Å². The van der Waals surface area contributed by atoms with Crippen molar-refractivity contribution in [3.05, 3.63) is 48.3 Å². The lowest BCUT2D eigenvalue weighted by Gasteiger charge is -2.05. The third-order valence-corrected chi connectivity index (χ3v) is 2.33. The van der Waals surface area contributed by atoms with E-state index < -0.39 is 0 Å². The molecule has 1 aromatic carbocycles. The monoisotopic (exact) mass is 229 g/mol. The molecule has 1 heterocycles. The second-order valence-corrected chi connectivity index (χ2v) is 3.72. The van der Waals surface area contributed by atoms with Crippen LogP contribution in [0.15, 0.2) is 42.7 Å². The molecule has 4 heteroatoms. The summed E-state index contributed by atoms with van der Waals surface area (Å²) in [5.74, 6) is 0.864. The van der Waals surface area contributed by atoms with Crippen LogP contribution in [0.4, 0.5) is 5.82 Å². The summed E-state index contributed by atoms with van der Waals surface area (Å²) in [5, 5.41) is 0. The minimum atomic E-state index is 0.380. The number of nitrogen functional groups attached to an aromatic ring is 1. The minimum Gasteiger partial charge on any atom is -0.477 e. The van der Waals surface area contributed by atoms with Gasteiger partial charge in [0.1, 0.15) is 5.82 Å². The maximum atomic E-state index is 5.50. The Morgan fingerprint density at radius 1 is 1.12 bits per heavy atom. The van der Waals surface area contributed by atoms with Gasteiger partial charge in [0.25, 0.3) is 0 Å². The highest BCUT2D eigenvalue weighted by atomic mass is 16.5. The van der Waals surface area contributed by atoms with Gasteiger partial charge in [0.05, 0.1) is 19.0 Å². The molecule has 2 rings (SSSR count). The van der Waals surface area contributed by atoms with Crippen LogP contribution in [0.5, 0.6) is 5.88 Å². The van der Waals surface area contributed by atoms with E-state index in [-0.39, 0.29) is 0 Å². The van der Waals surface area contributed by atoms with Crippen molar-refractivity contribution in [2.45, 2.75) is 12.8 Å². The van der Waals surface area contributed by atoms with E-state index in [0.29, 0.717) is 18.3 Å². The molecule has 0 aliphatic carbocycles. The third-order valence-electron chi connectivity index (χ3n) is 2.33. The topological polar surface area (TPSA) is 61.0 Å². The number of nitrogens with zero attached hydrogens (tertiary/aromatic N) is 2. The average molecular weight is 229 g/mol. The van der Waals surface area contributed by atoms with Gasteiger partial charge in [-0.1, -0.05) is 30.3 Å². The molecule has 2 aromatic rings. The number of benzene rings is 1. The van der Waals surface area contributed by atoms with E-state index in [1.165, 1.54) is 11.8 Å². The lowest BCUT2D eigenvalue weighted by molar-refractivity contribution is 0.298. The van der Waals surface area contributed by atoms with Crippen LogP contribution in [0, 0.1) is 0 Å². The molecular formula is C13H15N3O. The Morgan fingerprint density at radius 3 is 2.71 bits per heavy atom. The zero-order valence-electron chi connectivity index (χ0n) is 9.54. The predicted molar refractivity (Wildman–Crippen MR) is 66.7 cm³/mol. The molecule has 0 amide bonds. The predicted octanol–water partition coefficient (Wildman–Crippen LogP) is 2.07. The molecule has 0 bridgehead atoms. The normalized spacial score (nSPS) is 10.1. The summed E-state index contributed by atoms with van der Waals surface area (Å²) in [4.78, 5) is 7.92. The van der Waals surface area contributed by atoms with E-state index in [1.54, 1.807) is 6.20 Å². The fourth-order valence-corrected chi connectivity index (χ4v) is 1.53. The number of aromatic nitrogens is 2. The molecule has 0 radical (unpaired) electrons. The Kier molecular flexibility index (Phi) is 3.91. The van der Waals surface area contributed by atoms with Gasteiger partial charge >= 0.3 is 0 Å². The van der Waals surface area contributed by atoms with Gasteiger partial charge in [0, 0.05) is 0 Å². The molecule has 0 saturated carbocycles. The van der Waals surface area contributed by atoms with Crippen LogP contribution in [0.1, 0.15) is 12.0 Å². The fraction of sp³-hybridized carbons (Fsp3) is 0.231. The van der Waals surface area contributed by atoms with Crippen LogP contribution in [-0.4, -0.2) is 16.6 Å². The van der Waals surface area contributed by atoms with E-state index in [9.17, 15) is 0 Å². The van der Waals surface area contributed by atoms with Crippen LogP contribution < -0.4 is 10.5 Å². The number of ether oxygens (including phenoxy) is 1. The maximum absolute atomic E-state index is 5.50. The second kappa shape index (κ2) is 5.84. The molecule has 0 spiro atoms. The van der Waals surface area contributed by atoms with Gasteiger partial charge in [-0.15, -0.1) is 0 Å². The second-order valence-electron chi connectivity index (χ2n) is 3.72. The van der Waals surface area contributed by atoms with Crippen LogP contribution in [0.2, 0.25) is 0 Å². The number of rotatable bonds is 5. The molecule has 4 nitrogen and oxygen atoms in total. The number of hydrogen-bond acceptors (Lipinski definition) is 4. The average Bonchev–Trinajstić information content (AvgIpc) is 2.36. The van der Waals surface area contributed by atoms with Crippen molar-refractivity contribution in [2.24, 2.45) is 0 Å². The van der Waals surface area contributed by atoms with Crippen molar-refractivity contribution in [3.63, 3.8) is 0 Å². The van der Waals surface area contributed by atoms with Crippen molar-refractivity contribution in [1.82, 2.24) is 9.97 Å². The summed E-state index contributed by atoms with van der Waals surface area (Å²) in [6.45, 7) is 0.618. The van der Waals surface area contributed by atoms with Crippen molar-refractivity contribution in [3.8, 4) is 5.88 Å². The van der Waals surface area contributed by atoms with E-state index in [2.05, 4.69) is 22.1 Å². The van der Waals surface area contributed by atoms with E-state index in [1.807, 2.05) is 18.2 Å². The SMILES string of the molecule is Nc1cncc(OCCCc2ccccc2)n1. The van der Waals surface area contributed by atoms with Gasteiger partial charge in [-0.2, -0.15) is 4.98 Å². The molecule has 0 aliphatic heterocycles. The molecule has 17 heavy (non-hydrogen) atoms. The standard InChI is InChI=1S/C13H15N3O/c14-12-9-15-10-13(16-12)17-8-4-7-11-5-2-1-3-6-11/h1-3,5-6,9-10H,4,7-8H2,(H2,14,16). The number of nitrogens with two attached hydrogens (primary N) is 1. The summed E-state index contributed by atoms with van der Waals surface area (Å²) in [5.41, 5.74) is 6.81. The van der Waals surface area contributed by atoms with E-state index in [0.717, 1.165) is 12.8 Å². The van der Waals surface area contributed by atoms with Gasteiger partial charge in [0.15, 0.2) is 0 Å². The Hall–Kier alpha value is -2.10. The molecule has 0 aliphatic rings. The molecule has 0 unspecified atom stereocenters. The number of hydrogen-bond donors (Lipinski definition) is 1. The third kappa shape index (κ3) is 3.75. The van der Waals surface area contributed by atoms with Crippen molar-refractivity contribution >= 4 is 5.82 Å². The maximum Gasteiger partial charge on any atom is 0.234 e. The van der Waals surface area contributed by atoms with Gasteiger partial charge in [-0.05, 0) is 18.4 Å². The molecule has 0 fully saturated rings. The number of aryl methyl sites for hydroxylation is 1. The highest BCUT2D eigenvalue weighted by molar-refractivity contribution is 5.25. The first kappa shape index (κ1) is 11.4. The van der Waals surface area contributed by atoms with Gasteiger partial charge in [0.2, 0.25) is 5.88 Å². The summed E-state index contributed by atoms with van der Waals surface area (Å²) in [7, 11) is 0. The smallest absolute Gasteiger partial charge is 0.234 e. The Bertz CT molecular complexity index is 459. The Morgan fingerprint density at radius 2 is 1.94 bits per heavy atom. The highest BCUT2D eigenvalue weighted by Gasteiger charge is 1.97. The Balaban J connectivity index is 1.73. The summed E-state index contributed by atoms with van der Waals surface area (Å²) >= 11 is 0. The molecule has 2 N–H and O–H groups in total. The molecule has 0 atom stereocenters. The first-order valence-electron chi connectivity index (χ1n) is 5.59. The zero-order chi connectivity index (χ0) is 11.9. The van der Waals surface area contributed by atoms with Crippen molar-refractivity contribution in [2.75, 3.05) is 12.3 Å². The molecule has 88 valence electrons. The zero-order valence-corrected chi connectivity index (χ0v) is 9.54. The number of anilines is 1. The lowest BCUT2D eigenvalue weighted by Crippen LogP contribution is -2.02. The van der Waals surface area contributed by atoms with Gasteiger partial charge in [-0.25, -0.2) is 0 Å². The molecular weight excluding hydrogens is 214 g/mol. The van der Waals surface area contributed by atoms with E-state index in [4.69, 9.17) is 10.5 Å². The van der Waals surface area contributed by atoms with Crippen molar-refractivity contribution in [1.29, 1.82) is 0 Å². The summed E-state index contributed by atoms with van der Waals surface area (Å²) < 4.78 is 5.45. The van der Waals surface area contributed by atoms with Crippen molar-refractivity contribution < 1.29 is 4.74 Å². The summed E-state index contributed by atoms with van der Waals surface area (Å²) in [6.07, 6.45) is 5.01. The first-order valence-corrected chi connectivity index (χ1v) is 5.59. The van der Waals surface area contributed by atoms with Gasteiger partial charge in [-0.3, -0.25) is 4.98 Å². The van der Waals surface area contributed by atoms with E-state index >= 15 is 0 Å². The van der Waals surface area contributed by atoms with Crippen LogP contribution in [-0.2, 0) is 6.42 Å². The minimum absolute atomic E-state index is 0.380. The Labute approximate surface area is 100 Å². The quantitative estimate of drug-likeness (QED) is 0.797. The fourth-order valence-electron chi connectivity index (χ4n) is 1.53. The summed E-state index contributed by atoms with van der Waals surface area (Å²) in [6, 6.07) is 10.3. The molecule has 0 saturated heterocycles. The van der Waals surface area contributed by atoms with Crippen LogP contribution in [0.25, 0.3) is 0 Å². The highest BCUT2D eigenvalue weighted by Crippen LogP contribution is 2.07. The lowest BCUT2D eigenvalue weighted by atomic mass is 10.1.